The Morgan fingerprint density at radius 1 is 0.280 bits per heavy atom. The van der Waals surface area contributed by atoms with Gasteiger partial charge in [-0.2, -0.15) is 0 Å². The number of phosphoric acid groups is 2. The topological polar surface area (TPSA) is 237 Å². The minimum absolute atomic E-state index is 0.108. The van der Waals surface area contributed by atoms with Crippen LogP contribution in [-0.4, -0.2) is 96.7 Å². The minimum atomic E-state index is -4.96. The van der Waals surface area contributed by atoms with E-state index in [1.165, 1.54) is 257 Å². The molecule has 17 nitrogen and oxygen atoms in total. The number of carbonyl (C=O) groups is 4. The van der Waals surface area contributed by atoms with Crippen molar-refractivity contribution in [3.05, 3.63) is 0 Å². The van der Waals surface area contributed by atoms with Crippen molar-refractivity contribution < 1.29 is 80.2 Å². The largest absolute Gasteiger partial charge is 0.472 e. The van der Waals surface area contributed by atoms with Crippen molar-refractivity contribution in [3.63, 3.8) is 0 Å². The molecule has 0 bridgehead atoms. The zero-order valence-electron chi connectivity index (χ0n) is 65.3. The highest BCUT2D eigenvalue weighted by Crippen LogP contribution is 2.45. The lowest BCUT2D eigenvalue weighted by Gasteiger charge is -2.21. The van der Waals surface area contributed by atoms with Gasteiger partial charge in [-0.3, -0.25) is 37.3 Å². The molecule has 3 unspecified atom stereocenters. The maximum Gasteiger partial charge on any atom is 0.472 e. The van der Waals surface area contributed by atoms with Gasteiger partial charge in [0.15, 0.2) is 12.2 Å². The van der Waals surface area contributed by atoms with E-state index in [4.69, 9.17) is 37.0 Å². The van der Waals surface area contributed by atoms with E-state index < -0.39 is 97.5 Å². The lowest BCUT2D eigenvalue weighted by Crippen LogP contribution is -2.30. The molecule has 0 spiro atoms. The van der Waals surface area contributed by atoms with Gasteiger partial charge in [0.05, 0.1) is 26.4 Å². The zero-order chi connectivity index (χ0) is 73.4. The summed E-state index contributed by atoms with van der Waals surface area (Å²) in [5.41, 5.74) is 0. The fourth-order valence-electron chi connectivity index (χ4n) is 12.6. The molecule has 0 aliphatic rings. The lowest BCUT2D eigenvalue weighted by atomic mass is 9.99. The third-order valence-electron chi connectivity index (χ3n) is 19.4. The lowest BCUT2D eigenvalue weighted by molar-refractivity contribution is -0.161. The van der Waals surface area contributed by atoms with Gasteiger partial charge in [0, 0.05) is 25.7 Å². The summed E-state index contributed by atoms with van der Waals surface area (Å²) in [6.45, 7) is 7.40. The molecule has 0 aromatic carbocycles. The van der Waals surface area contributed by atoms with Gasteiger partial charge in [-0.05, 0) is 31.6 Å². The van der Waals surface area contributed by atoms with Gasteiger partial charge >= 0.3 is 39.5 Å². The van der Waals surface area contributed by atoms with Crippen molar-refractivity contribution in [1.29, 1.82) is 0 Å². The van der Waals surface area contributed by atoms with E-state index >= 15 is 0 Å². The Labute approximate surface area is 613 Å². The third kappa shape index (κ3) is 73.0. The monoisotopic (exact) mass is 1470 g/mol. The van der Waals surface area contributed by atoms with E-state index in [-0.39, 0.29) is 25.7 Å². The second-order valence-corrected chi connectivity index (χ2v) is 32.3. The molecular formula is C81H158O17P2. The molecule has 0 aromatic rings. The molecule has 0 aliphatic carbocycles. The average molecular weight is 1470 g/mol. The first-order chi connectivity index (χ1) is 48.6. The number of aliphatic hydroxyl groups excluding tert-OH is 1. The van der Waals surface area contributed by atoms with Gasteiger partial charge < -0.3 is 33.8 Å². The number of ether oxygens (including phenoxy) is 4. The highest BCUT2D eigenvalue weighted by atomic mass is 31.2. The van der Waals surface area contributed by atoms with Crippen LogP contribution in [0.25, 0.3) is 0 Å². The SMILES string of the molecule is CCCCCCCCCCCCCCCCCCC(=O)OC[C@H](COP(=O)(O)OC[C@@H](O)COP(=O)(O)OC[C@@H](COC(=O)CCCCCCCCCCCCCCC)OC(=O)CCCCCCCCCCCCCCC)OC(=O)CCCCCCCCCCCCCCCCC(C)CC. The molecule has 0 radical (unpaired) electrons. The summed E-state index contributed by atoms with van der Waals surface area (Å²) in [7, 11) is -9.92. The van der Waals surface area contributed by atoms with Crippen LogP contribution in [0.1, 0.15) is 433 Å². The van der Waals surface area contributed by atoms with Gasteiger partial charge in [0.1, 0.15) is 19.3 Å². The molecule has 0 aromatic heterocycles. The Balaban J connectivity index is 5.26. The quantitative estimate of drug-likeness (QED) is 0.0222. The number of rotatable bonds is 81. The Morgan fingerprint density at radius 3 is 0.710 bits per heavy atom. The van der Waals surface area contributed by atoms with Gasteiger partial charge in [-0.1, -0.05) is 381 Å². The fourth-order valence-corrected chi connectivity index (χ4v) is 14.1. The molecule has 0 aliphatic heterocycles. The number of esters is 4. The third-order valence-corrected chi connectivity index (χ3v) is 21.3. The second kappa shape index (κ2) is 73.9. The highest BCUT2D eigenvalue weighted by molar-refractivity contribution is 7.47. The Kier molecular flexibility index (Phi) is 72.5. The average Bonchev–Trinajstić information content (AvgIpc) is 0.992. The maximum atomic E-state index is 13.1. The summed E-state index contributed by atoms with van der Waals surface area (Å²) in [5.74, 6) is -1.26. The molecule has 0 heterocycles. The van der Waals surface area contributed by atoms with E-state index in [0.29, 0.717) is 25.7 Å². The molecule has 0 rings (SSSR count). The van der Waals surface area contributed by atoms with Crippen molar-refractivity contribution in [3.8, 4) is 0 Å². The predicted molar refractivity (Wildman–Crippen MR) is 409 cm³/mol. The first kappa shape index (κ1) is 98.1. The highest BCUT2D eigenvalue weighted by Gasteiger charge is 2.30. The number of aliphatic hydroxyl groups is 1. The predicted octanol–water partition coefficient (Wildman–Crippen LogP) is 24.4. The molecular weight excluding hydrogens is 1310 g/mol. The Bertz CT molecular complexity index is 1910. The van der Waals surface area contributed by atoms with Crippen LogP contribution < -0.4 is 0 Å². The molecule has 100 heavy (non-hydrogen) atoms. The standard InChI is InChI=1S/C81H158O17P2/c1-6-10-13-16-19-22-25-28-29-30-36-40-45-50-55-60-65-79(84)92-71-77(98-81(86)67-62-57-52-47-42-37-32-31-35-38-43-48-53-58-63-74(5)9-4)73-96-100(89,90)94-69-75(82)68-93-99(87,88)95-72-76(97-80(85)66-61-56-51-46-41-34-27-24-21-18-15-12-8-3)70-91-78(83)64-59-54-49-44-39-33-26-23-20-17-14-11-7-2/h74-77,82H,6-73H2,1-5H3,(H,87,88)(H,89,90)/t74?,75-,76+,77+/m0/s1. The summed E-state index contributed by atoms with van der Waals surface area (Å²) < 4.78 is 68.8. The van der Waals surface area contributed by atoms with Crippen molar-refractivity contribution in [2.45, 2.75) is 451 Å². The molecule has 0 fully saturated rings. The van der Waals surface area contributed by atoms with Crippen LogP contribution in [0, 0.1) is 5.92 Å². The maximum absolute atomic E-state index is 13.1. The molecule has 3 N–H and O–H groups in total. The first-order valence-electron chi connectivity index (χ1n) is 42.2. The van der Waals surface area contributed by atoms with E-state index in [1.807, 2.05) is 0 Å². The van der Waals surface area contributed by atoms with E-state index in [2.05, 4.69) is 34.6 Å². The summed E-state index contributed by atoms with van der Waals surface area (Å²) >= 11 is 0. The van der Waals surface area contributed by atoms with Crippen molar-refractivity contribution in [2.24, 2.45) is 5.92 Å². The van der Waals surface area contributed by atoms with Crippen LogP contribution >= 0.6 is 15.6 Å². The van der Waals surface area contributed by atoms with Crippen molar-refractivity contribution >= 4 is 39.5 Å². The van der Waals surface area contributed by atoms with Crippen LogP contribution in [0.4, 0.5) is 0 Å². The number of hydrogen-bond donors (Lipinski definition) is 3. The summed E-state index contributed by atoms with van der Waals surface area (Å²) in [4.78, 5) is 73.1. The summed E-state index contributed by atoms with van der Waals surface area (Å²) in [6, 6.07) is 0. The number of carbonyl (C=O) groups excluding carboxylic acids is 4. The molecule has 0 amide bonds. The van der Waals surface area contributed by atoms with Gasteiger partial charge in [-0.15, -0.1) is 0 Å². The van der Waals surface area contributed by atoms with E-state index in [9.17, 15) is 43.2 Å². The fraction of sp³-hybridized carbons (Fsp3) is 0.951. The molecule has 6 atom stereocenters. The summed E-state index contributed by atoms with van der Waals surface area (Å²) in [6.07, 6.45) is 64.9. The second-order valence-electron chi connectivity index (χ2n) is 29.4. The molecule has 0 saturated heterocycles. The first-order valence-corrected chi connectivity index (χ1v) is 45.2. The number of phosphoric ester groups is 2. The van der Waals surface area contributed by atoms with E-state index in [0.717, 1.165) is 95.8 Å². The minimum Gasteiger partial charge on any atom is -0.462 e. The van der Waals surface area contributed by atoms with E-state index in [1.54, 1.807) is 0 Å². The Hall–Kier alpha value is -1.94. The van der Waals surface area contributed by atoms with Crippen LogP contribution in [0.3, 0.4) is 0 Å². The van der Waals surface area contributed by atoms with Crippen LogP contribution in [-0.2, 0) is 65.4 Å². The van der Waals surface area contributed by atoms with Gasteiger partial charge in [0.2, 0.25) is 0 Å². The smallest absolute Gasteiger partial charge is 0.462 e. The number of unbranched alkanes of at least 4 members (excludes halogenated alkanes) is 52. The molecule has 0 saturated carbocycles. The van der Waals surface area contributed by atoms with Crippen molar-refractivity contribution in [1.82, 2.24) is 0 Å². The van der Waals surface area contributed by atoms with Crippen molar-refractivity contribution in [2.75, 3.05) is 39.6 Å². The van der Waals surface area contributed by atoms with Gasteiger partial charge in [-0.25, -0.2) is 9.13 Å². The van der Waals surface area contributed by atoms with Gasteiger partial charge in [0.25, 0.3) is 0 Å². The van der Waals surface area contributed by atoms with Crippen LogP contribution in [0.2, 0.25) is 0 Å². The molecule has 19 heteroatoms. The normalized spacial score (nSPS) is 14.1. The summed E-state index contributed by atoms with van der Waals surface area (Å²) in [5, 5.41) is 10.6. The number of hydrogen-bond acceptors (Lipinski definition) is 15. The Morgan fingerprint density at radius 2 is 0.480 bits per heavy atom. The molecule has 594 valence electrons. The zero-order valence-corrected chi connectivity index (χ0v) is 67.1. The van der Waals surface area contributed by atoms with Crippen LogP contribution in [0.15, 0.2) is 0 Å². The van der Waals surface area contributed by atoms with Crippen LogP contribution in [0.5, 0.6) is 0 Å².